The Morgan fingerprint density at radius 3 is 1.88 bits per heavy atom. The summed E-state index contributed by atoms with van der Waals surface area (Å²) in [6.07, 6.45) is 6.91. The summed E-state index contributed by atoms with van der Waals surface area (Å²) in [5.41, 5.74) is 7.90. The first kappa shape index (κ1) is 9.72. The van der Waals surface area contributed by atoms with Crippen molar-refractivity contribution in [2.45, 2.75) is 38.5 Å². The van der Waals surface area contributed by atoms with E-state index in [1.807, 2.05) is 7.05 Å². The summed E-state index contributed by atoms with van der Waals surface area (Å²) in [4.78, 5) is 0. The molecule has 2 aliphatic rings. The van der Waals surface area contributed by atoms with Gasteiger partial charge in [0.25, 0.3) is 0 Å². The van der Waals surface area contributed by atoms with Crippen molar-refractivity contribution in [1.29, 1.82) is 5.26 Å². The van der Waals surface area contributed by atoms with Gasteiger partial charge in [-0.2, -0.15) is 5.26 Å². The van der Waals surface area contributed by atoms with Crippen molar-refractivity contribution >= 4 is 5.69 Å². The fourth-order valence-electron chi connectivity index (χ4n) is 3.39. The number of hydrogen-bond acceptors (Lipinski definition) is 2. The molecule has 82 valence electrons. The molecule has 0 spiro atoms. The summed E-state index contributed by atoms with van der Waals surface area (Å²) >= 11 is 0. The summed E-state index contributed by atoms with van der Waals surface area (Å²) in [6.45, 7) is 0. The summed E-state index contributed by atoms with van der Waals surface area (Å²) in [5.74, 6) is 0. The van der Waals surface area contributed by atoms with E-state index in [1.165, 1.54) is 40.8 Å². The molecule has 2 nitrogen and oxygen atoms in total. The van der Waals surface area contributed by atoms with Crippen LogP contribution in [0.3, 0.4) is 0 Å². The van der Waals surface area contributed by atoms with E-state index in [1.54, 1.807) is 0 Å². The van der Waals surface area contributed by atoms with Crippen molar-refractivity contribution in [2.24, 2.45) is 0 Å². The molecule has 0 aromatic heterocycles. The predicted molar refractivity (Wildman–Crippen MR) is 64.8 cm³/mol. The summed E-state index contributed by atoms with van der Waals surface area (Å²) in [7, 11) is 2.01. The molecule has 0 saturated carbocycles. The van der Waals surface area contributed by atoms with Crippen LogP contribution in [0.15, 0.2) is 0 Å². The number of hydrogen-bond donors (Lipinski definition) is 1. The molecule has 0 atom stereocenters. The Morgan fingerprint density at radius 2 is 1.44 bits per heavy atom. The largest absolute Gasteiger partial charge is 0.388 e. The normalized spacial score (nSPS) is 16.8. The lowest BCUT2D eigenvalue weighted by atomic mass is 9.93. The van der Waals surface area contributed by atoms with Gasteiger partial charge in [0, 0.05) is 12.7 Å². The first-order valence-electron chi connectivity index (χ1n) is 6.14. The quantitative estimate of drug-likeness (QED) is 0.776. The molecule has 0 saturated heterocycles. The van der Waals surface area contributed by atoms with Crippen LogP contribution in [0.1, 0.15) is 40.7 Å². The molecule has 0 aliphatic heterocycles. The number of nitrogens with one attached hydrogen (secondary N) is 1. The molecule has 0 amide bonds. The van der Waals surface area contributed by atoms with Gasteiger partial charge in [-0.1, -0.05) is 0 Å². The topological polar surface area (TPSA) is 35.8 Å². The molecule has 1 N–H and O–H groups in total. The van der Waals surface area contributed by atoms with E-state index in [-0.39, 0.29) is 0 Å². The van der Waals surface area contributed by atoms with Crippen LogP contribution in [0.4, 0.5) is 5.69 Å². The summed E-state index contributed by atoms with van der Waals surface area (Å²) in [6, 6.07) is 2.45. The lowest BCUT2D eigenvalue weighted by Gasteiger charge is -2.16. The number of nitrogens with zero attached hydrogens (tertiary/aromatic N) is 1. The Labute approximate surface area is 96.3 Å². The van der Waals surface area contributed by atoms with Crippen LogP contribution in [-0.4, -0.2) is 7.05 Å². The van der Waals surface area contributed by atoms with Crippen LogP contribution >= 0.6 is 0 Å². The third-order valence-corrected chi connectivity index (χ3v) is 4.00. The number of fused-ring (bicyclic) bond motifs is 2. The van der Waals surface area contributed by atoms with Gasteiger partial charge in [-0.15, -0.1) is 0 Å². The molecule has 1 aromatic rings. The van der Waals surface area contributed by atoms with Gasteiger partial charge in [0.15, 0.2) is 0 Å². The molecule has 0 fully saturated rings. The van der Waals surface area contributed by atoms with E-state index >= 15 is 0 Å². The van der Waals surface area contributed by atoms with Crippen LogP contribution in [0.2, 0.25) is 0 Å². The maximum atomic E-state index is 9.36. The second kappa shape index (κ2) is 3.52. The maximum Gasteiger partial charge on any atom is 0.0997 e. The number of nitriles is 1. The summed E-state index contributed by atoms with van der Waals surface area (Å²) in [5, 5.41) is 12.7. The van der Waals surface area contributed by atoms with E-state index in [4.69, 9.17) is 0 Å². The van der Waals surface area contributed by atoms with Crippen LogP contribution in [0.25, 0.3) is 0 Å². The van der Waals surface area contributed by atoms with E-state index < -0.39 is 0 Å². The molecule has 0 heterocycles. The monoisotopic (exact) mass is 212 g/mol. The number of anilines is 1. The fourth-order valence-corrected chi connectivity index (χ4v) is 3.39. The standard InChI is InChI=1S/C14H16N2/c1-16-14-11-6-2-4-9(11)13(8-15)10-5-3-7-12(10)14/h16H,2-7H2,1H3. The second-order valence-corrected chi connectivity index (χ2v) is 4.73. The molecule has 0 bridgehead atoms. The van der Waals surface area contributed by atoms with E-state index in [0.29, 0.717) is 0 Å². The zero-order chi connectivity index (χ0) is 11.1. The minimum atomic E-state index is 1.01. The molecule has 2 aliphatic carbocycles. The zero-order valence-corrected chi connectivity index (χ0v) is 9.69. The summed E-state index contributed by atoms with van der Waals surface area (Å²) < 4.78 is 0. The van der Waals surface area contributed by atoms with Gasteiger partial charge in [-0.05, 0) is 60.8 Å². The first-order chi connectivity index (χ1) is 7.86. The maximum absolute atomic E-state index is 9.36. The van der Waals surface area contributed by atoms with Gasteiger partial charge in [-0.25, -0.2) is 0 Å². The van der Waals surface area contributed by atoms with Crippen molar-refractivity contribution in [1.82, 2.24) is 0 Å². The molecule has 2 heteroatoms. The highest BCUT2D eigenvalue weighted by atomic mass is 14.8. The fraction of sp³-hybridized carbons (Fsp3) is 0.500. The third kappa shape index (κ3) is 1.12. The van der Waals surface area contributed by atoms with E-state index in [0.717, 1.165) is 31.2 Å². The molecular weight excluding hydrogens is 196 g/mol. The van der Waals surface area contributed by atoms with Gasteiger partial charge in [-0.3, -0.25) is 0 Å². The Kier molecular flexibility index (Phi) is 2.14. The van der Waals surface area contributed by atoms with Crippen LogP contribution < -0.4 is 5.32 Å². The van der Waals surface area contributed by atoms with Crippen molar-refractivity contribution in [3.05, 3.63) is 27.8 Å². The van der Waals surface area contributed by atoms with Crippen molar-refractivity contribution < 1.29 is 0 Å². The van der Waals surface area contributed by atoms with Gasteiger partial charge < -0.3 is 5.32 Å². The highest BCUT2D eigenvalue weighted by molar-refractivity contribution is 5.70. The molecule has 1 aromatic carbocycles. The third-order valence-electron chi connectivity index (χ3n) is 4.00. The first-order valence-corrected chi connectivity index (χ1v) is 6.14. The van der Waals surface area contributed by atoms with Crippen LogP contribution in [-0.2, 0) is 25.7 Å². The number of rotatable bonds is 1. The van der Waals surface area contributed by atoms with E-state index in [9.17, 15) is 5.26 Å². The Balaban J connectivity index is 2.35. The Hall–Kier alpha value is -1.49. The van der Waals surface area contributed by atoms with Gasteiger partial charge in [0.2, 0.25) is 0 Å². The molecule has 16 heavy (non-hydrogen) atoms. The Morgan fingerprint density at radius 1 is 0.938 bits per heavy atom. The highest BCUT2D eigenvalue weighted by Crippen LogP contribution is 2.41. The highest BCUT2D eigenvalue weighted by Gasteiger charge is 2.27. The van der Waals surface area contributed by atoms with Crippen molar-refractivity contribution in [3.63, 3.8) is 0 Å². The predicted octanol–water partition coefficient (Wildman–Crippen LogP) is 2.58. The average Bonchev–Trinajstić information content (AvgIpc) is 2.93. The minimum Gasteiger partial charge on any atom is -0.388 e. The van der Waals surface area contributed by atoms with Crippen molar-refractivity contribution in [3.8, 4) is 6.07 Å². The molecule has 0 unspecified atom stereocenters. The van der Waals surface area contributed by atoms with Crippen LogP contribution in [0, 0.1) is 11.3 Å². The SMILES string of the molecule is CNc1c2c(c(C#N)c3c1CCC3)CCC2. The minimum absolute atomic E-state index is 1.01. The molecule has 0 radical (unpaired) electrons. The van der Waals surface area contributed by atoms with Crippen molar-refractivity contribution in [2.75, 3.05) is 12.4 Å². The Bertz CT molecular complexity index is 459. The lowest BCUT2D eigenvalue weighted by molar-refractivity contribution is 0.896. The van der Waals surface area contributed by atoms with Gasteiger partial charge in [0.1, 0.15) is 0 Å². The smallest absolute Gasteiger partial charge is 0.0997 e. The van der Waals surface area contributed by atoms with E-state index in [2.05, 4.69) is 11.4 Å². The van der Waals surface area contributed by atoms with Crippen LogP contribution in [0.5, 0.6) is 0 Å². The molecular formula is C14H16N2. The zero-order valence-electron chi connectivity index (χ0n) is 9.69. The average molecular weight is 212 g/mol. The van der Waals surface area contributed by atoms with Gasteiger partial charge in [0.05, 0.1) is 11.6 Å². The second-order valence-electron chi connectivity index (χ2n) is 4.73. The number of benzene rings is 1. The van der Waals surface area contributed by atoms with Gasteiger partial charge >= 0.3 is 0 Å². The lowest BCUT2D eigenvalue weighted by Crippen LogP contribution is -2.04. The molecule has 3 rings (SSSR count).